The van der Waals surface area contributed by atoms with Crippen molar-refractivity contribution < 1.29 is 4.79 Å². The Bertz CT molecular complexity index is 700. The monoisotopic (exact) mass is 337 g/mol. The van der Waals surface area contributed by atoms with Crippen LogP contribution in [0, 0.1) is 0 Å². The van der Waals surface area contributed by atoms with Gasteiger partial charge in [0.15, 0.2) is 0 Å². The largest absolute Gasteiger partial charge is 0.329 e. The van der Waals surface area contributed by atoms with Crippen molar-refractivity contribution in [3.8, 4) is 0 Å². The van der Waals surface area contributed by atoms with Gasteiger partial charge >= 0.3 is 0 Å². The Morgan fingerprint density at radius 2 is 1.84 bits per heavy atom. The highest BCUT2D eigenvalue weighted by molar-refractivity contribution is 5.92. The lowest BCUT2D eigenvalue weighted by Gasteiger charge is -2.21. The van der Waals surface area contributed by atoms with Crippen molar-refractivity contribution in [3.05, 3.63) is 65.2 Å². The molecule has 4 heteroatoms. The number of fused-ring (bicyclic) bond motifs is 1. The van der Waals surface area contributed by atoms with Gasteiger partial charge < -0.3 is 11.1 Å². The van der Waals surface area contributed by atoms with Crippen LogP contribution in [0.2, 0.25) is 0 Å². The fourth-order valence-electron chi connectivity index (χ4n) is 3.44. The van der Waals surface area contributed by atoms with E-state index in [1.807, 2.05) is 24.3 Å². The number of hydrogen-bond donors (Lipinski definition) is 2. The quantitative estimate of drug-likeness (QED) is 0.778. The van der Waals surface area contributed by atoms with Crippen molar-refractivity contribution in [2.45, 2.75) is 25.7 Å². The predicted molar refractivity (Wildman–Crippen MR) is 103 cm³/mol. The number of amides is 1. The van der Waals surface area contributed by atoms with Gasteiger partial charge in [-0.3, -0.25) is 9.69 Å². The first-order valence-corrected chi connectivity index (χ1v) is 9.12. The highest BCUT2D eigenvalue weighted by Gasteiger charge is 2.13. The van der Waals surface area contributed by atoms with Crippen LogP contribution in [0.15, 0.2) is 48.5 Å². The molecule has 0 bridgehead atoms. The molecule has 25 heavy (non-hydrogen) atoms. The molecule has 1 aliphatic carbocycles. The third kappa shape index (κ3) is 5.15. The molecule has 0 aromatic heterocycles. The van der Waals surface area contributed by atoms with Gasteiger partial charge in [-0.1, -0.05) is 36.4 Å². The molecule has 0 fully saturated rings. The van der Waals surface area contributed by atoms with E-state index >= 15 is 0 Å². The zero-order valence-electron chi connectivity index (χ0n) is 14.7. The first-order valence-electron chi connectivity index (χ1n) is 9.12. The predicted octanol–water partition coefficient (Wildman–Crippen LogP) is 2.62. The van der Waals surface area contributed by atoms with Crippen molar-refractivity contribution in [2.24, 2.45) is 5.73 Å². The van der Waals surface area contributed by atoms with Gasteiger partial charge in [0.05, 0.1) is 6.54 Å². The summed E-state index contributed by atoms with van der Waals surface area (Å²) in [6, 6.07) is 16.6. The molecule has 0 spiro atoms. The summed E-state index contributed by atoms with van der Waals surface area (Å²) in [5.41, 5.74) is 10.7. The van der Waals surface area contributed by atoms with E-state index in [-0.39, 0.29) is 5.91 Å². The maximum atomic E-state index is 12.4. The van der Waals surface area contributed by atoms with Crippen LogP contribution in [0.5, 0.6) is 0 Å². The van der Waals surface area contributed by atoms with E-state index in [1.165, 1.54) is 23.1 Å². The van der Waals surface area contributed by atoms with Crippen LogP contribution < -0.4 is 11.1 Å². The standard InChI is InChI=1S/C21H27N3O/c22-12-14-24(13-11-17-5-2-1-3-6-17)16-21(25)23-20-10-9-18-7-4-8-19(18)15-20/h1-3,5-6,9-10,15H,4,7-8,11-14,16,22H2,(H,23,25). The third-order valence-corrected chi connectivity index (χ3v) is 4.75. The summed E-state index contributed by atoms with van der Waals surface area (Å²) in [5.74, 6) is 0.0273. The molecule has 3 rings (SSSR count). The normalized spacial score (nSPS) is 13.0. The molecule has 0 radical (unpaired) electrons. The number of hydrogen-bond acceptors (Lipinski definition) is 3. The molecular weight excluding hydrogens is 310 g/mol. The first-order chi connectivity index (χ1) is 12.2. The van der Waals surface area contributed by atoms with Crippen LogP contribution >= 0.6 is 0 Å². The van der Waals surface area contributed by atoms with Crippen LogP contribution in [0.1, 0.15) is 23.1 Å². The van der Waals surface area contributed by atoms with E-state index in [0.29, 0.717) is 13.1 Å². The van der Waals surface area contributed by atoms with E-state index in [9.17, 15) is 4.79 Å². The smallest absolute Gasteiger partial charge is 0.238 e. The number of nitrogens with two attached hydrogens (primary N) is 1. The van der Waals surface area contributed by atoms with E-state index < -0.39 is 0 Å². The molecule has 4 nitrogen and oxygen atoms in total. The molecule has 1 amide bonds. The maximum absolute atomic E-state index is 12.4. The number of anilines is 1. The van der Waals surface area contributed by atoms with Crippen molar-refractivity contribution in [3.63, 3.8) is 0 Å². The van der Waals surface area contributed by atoms with Gasteiger partial charge in [0.2, 0.25) is 5.91 Å². The molecular formula is C21H27N3O. The second kappa shape index (κ2) is 8.79. The van der Waals surface area contributed by atoms with Crippen LogP contribution in [0.4, 0.5) is 5.69 Å². The molecule has 0 heterocycles. The average molecular weight is 337 g/mol. The Morgan fingerprint density at radius 3 is 2.64 bits per heavy atom. The zero-order valence-corrected chi connectivity index (χ0v) is 14.7. The highest BCUT2D eigenvalue weighted by Crippen LogP contribution is 2.24. The number of nitrogens with one attached hydrogen (secondary N) is 1. The van der Waals surface area contributed by atoms with Crippen LogP contribution in [0.3, 0.4) is 0 Å². The third-order valence-electron chi connectivity index (χ3n) is 4.75. The lowest BCUT2D eigenvalue weighted by Crippen LogP contribution is -2.38. The summed E-state index contributed by atoms with van der Waals surface area (Å²) in [4.78, 5) is 14.5. The molecule has 3 N–H and O–H groups in total. The van der Waals surface area contributed by atoms with Crippen LogP contribution in [-0.4, -0.2) is 37.0 Å². The van der Waals surface area contributed by atoms with Gasteiger partial charge in [-0.2, -0.15) is 0 Å². The van der Waals surface area contributed by atoms with Crippen molar-refractivity contribution in [1.29, 1.82) is 0 Å². The molecule has 0 saturated heterocycles. The zero-order chi connectivity index (χ0) is 17.5. The van der Waals surface area contributed by atoms with Crippen LogP contribution in [-0.2, 0) is 24.1 Å². The number of carbonyl (C=O) groups is 1. The molecule has 132 valence electrons. The van der Waals surface area contributed by atoms with E-state index in [4.69, 9.17) is 5.73 Å². The van der Waals surface area contributed by atoms with Gasteiger partial charge in [0.1, 0.15) is 0 Å². The Balaban J connectivity index is 1.53. The van der Waals surface area contributed by atoms with Crippen molar-refractivity contribution >= 4 is 11.6 Å². The Morgan fingerprint density at radius 1 is 1.04 bits per heavy atom. The maximum Gasteiger partial charge on any atom is 0.238 e. The van der Waals surface area contributed by atoms with E-state index in [0.717, 1.165) is 38.0 Å². The van der Waals surface area contributed by atoms with Gasteiger partial charge in [0, 0.05) is 25.3 Å². The second-order valence-corrected chi connectivity index (χ2v) is 6.69. The summed E-state index contributed by atoms with van der Waals surface area (Å²) < 4.78 is 0. The van der Waals surface area contributed by atoms with Crippen molar-refractivity contribution in [2.75, 3.05) is 31.5 Å². The molecule has 0 atom stereocenters. The summed E-state index contributed by atoms with van der Waals surface area (Å²) in [5, 5.41) is 3.04. The summed E-state index contributed by atoms with van der Waals surface area (Å²) in [6.45, 7) is 2.49. The number of aryl methyl sites for hydroxylation is 2. The van der Waals surface area contributed by atoms with E-state index in [1.54, 1.807) is 0 Å². The number of nitrogens with zero attached hydrogens (tertiary/aromatic N) is 1. The minimum Gasteiger partial charge on any atom is -0.329 e. The summed E-state index contributed by atoms with van der Waals surface area (Å²) in [7, 11) is 0. The topological polar surface area (TPSA) is 58.4 Å². The number of benzene rings is 2. The lowest BCUT2D eigenvalue weighted by atomic mass is 10.1. The summed E-state index contributed by atoms with van der Waals surface area (Å²) in [6.07, 6.45) is 4.42. The average Bonchev–Trinajstić information content (AvgIpc) is 3.08. The van der Waals surface area contributed by atoms with Gasteiger partial charge in [-0.05, 0) is 54.5 Å². The molecule has 0 unspecified atom stereocenters. The molecule has 1 aliphatic rings. The van der Waals surface area contributed by atoms with Gasteiger partial charge in [-0.25, -0.2) is 0 Å². The molecule has 2 aromatic rings. The van der Waals surface area contributed by atoms with Crippen LogP contribution in [0.25, 0.3) is 0 Å². The fraction of sp³-hybridized carbons (Fsp3) is 0.381. The Hall–Kier alpha value is -2.17. The molecule has 0 saturated carbocycles. The number of carbonyl (C=O) groups excluding carboxylic acids is 1. The number of rotatable bonds is 8. The molecule has 0 aliphatic heterocycles. The fourth-order valence-corrected chi connectivity index (χ4v) is 3.44. The van der Waals surface area contributed by atoms with Crippen molar-refractivity contribution in [1.82, 2.24) is 4.90 Å². The van der Waals surface area contributed by atoms with Gasteiger partial charge in [-0.15, -0.1) is 0 Å². The Kier molecular flexibility index (Phi) is 6.20. The van der Waals surface area contributed by atoms with E-state index in [2.05, 4.69) is 34.5 Å². The lowest BCUT2D eigenvalue weighted by molar-refractivity contribution is -0.117. The van der Waals surface area contributed by atoms with Gasteiger partial charge in [0.25, 0.3) is 0 Å². The highest BCUT2D eigenvalue weighted by atomic mass is 16.2. The first kappa shape index (κ1) is 17.6. The SMILES string of the molecule is NCCN(CCc1ccccc1)CC(=O)Nc1ccc2c(c1)CCC2. The minimum atomic E-state index is 0.0273. The minimum absolute atomic E-state index is 0.0273. The second-order valence-electron chi connectivity index (χ2n) is 6.69. The summed E-state index contributed by atoms with van der Waals surface area (Å²) >= 11 is 0. The Labute approximate surface area is 150 Å². The molecule has 2 aromatic carbocycles.